The van der Waals surface area contributed by atoms with Gasteiger partial charge in [-0.05, 0) is 13.3 Å². The summed E-state index contributed by atoms with van der Waals surface area (Å²) in [6, 6.07) is -1.34. The van der Waals surface area contributed by atoms with E-state index in [1.807, 2.05) is 0 Å². The molecule has 1 heterocycles. The van der Waals surface area contributed by atoms with Crippen molar-refractivity contribution in [2.75, 3.05) is 13.2 Å². The normalized spacial score (nSPS) is 18.4. The molecule has 0 aliphatic carbocycles. The Morgan fingerprint density at radius 1 is 1.62 bits per heavy atom. The molecule has 3 N–H and O–H groups in total. The van der Waals surface area contributed by atoms with Crippen LogP contribution in [-0.4, -0.2) is 36.2 Å². The Balaban J connectivity index is 2.41. The van der Waals surface area contributed by atoms with Crippen LogP contribution in [0.15, 0.2) is 0 Å². The lowest BCUT2D eigenvalue weighted by Crippen LogP contribution is -2.47. The highest BCUT2D eigenvalue weighted by molar-refractivity contribution is 5.85. The van der Waals surface area contributed by atoms with Gasteiger partial charge in [0.1, 0.15) is 6.04 Å². The number of amides is 3. The summed E-state index contributed by atoms with van der Waals surface area (Å²) in [6.45, 7) is 2.69. The molecule has 13 heavy (non-hydrogen) atoms. The topological polar surface area (TPSA) is 84.7 Å². The van der Waals surface area contributed by atoms with E-state index in [2.05, 4.69) is 5.32 Å². The minimum absolute atomic E-state index is 0.267. The summed E-state index contributed by atoms with van der Waals surface area (Å²) in [6.07, 6.45) is 0.828. The second kappa shape index (κ2) is 4.08. The van der Waals surface area contributed by atoms with Crippen molar-refractivity contribution in [3.8, 4) is 0 Å². The van der Waals surface area contributed by atoms with Gasteiger partial charge in [0.25, 0.3) is 5.91 Å². The first-order chi connectivity index (χ1) is 6.11. The Morgan fingerprint density at radius 2 is 2.31 bits per heavy atom. The zero-order valence-electron chi connectivity index (χ0n) is 7.45. The van der Waals surface area contributed by atoms with Gasteiger partial charge in [-0.3, -0.25) is 9.63 Å². The quantitative estimate of drug-likeness (QED) is 0.594. The number of primary amides is 1. The van der Waals surface area contributed by atoms with Crippen LogP contribution in [0, 0.1) is 0 Å². The molecule has 1 fully saturated rings. The fourth-order valence-electron chi connectivity index (χ4n) is 1.11. The molecule has 1 aliphatic heterocycles. The zero-order chi connectivity index (χ0) is 9.84. The molecular weight excluding hydrogens is 174 g/mol. The number of hydrogen-bond acceptors (Lipinski definition) is 3. The zero-order valence-corrected chi connectivity index (χ0v) is 7.45. The number of urea groups is 1. The Hall–Kier alpha value is -1.30. The summed E-state index contributed by atoms with van der Waals surface area (Å²) in [5.41, 5.74) is 4.87. The molecule has 1 saturated heterocycles. The van der Waals surface area contributed by atoms with Crippen LogP contribution in [0.2, 0.25) is 0 Å². The Kier molecular flexibility index (Phi) is 3.07. The first-order valence-corrected chi connectivity index (χ1v) is 4.11. The summed E-state index contributed by atoms with van der Waals surface area (Å²) in [7, 11) is 0. The highest BCUT2D eigenvalue weighted by atomic mass is 16.7. The fourth-order valence-corrected chi connectivity index (χ4v) is 1.11. The molecule has 1 unspecified atom stereocenters. The third kappa shape index (κ3) is 2.59. The lowest BCUT2D eigenvalue weighted by Gasteiger charge is -2.18. The van der Waals surface area contributed by atoms with Crippen molar-refractivity contribution < 1.29 is 14.4 Å². The standard InChI is InChI=1S/C7H13N3O3/c1-5(9-7(8)12)6(11)10-3-2-4-13-10/h5H,2-4H2,1H3,(H3,8,9,12). The summed E-state index contributed by atoms with van der Waals surface area (Å²) >= 11 is 0. The molecule has 0 saturated carbocycles. The minimum Gasteiger partial charge on any atom is -0.352 e. The van der Waals surface area contributed by atoms with E-state index in [1.165, 1.54) is 5.06 Å². The number of nitrogens with one attached hydrogen (secondary N) is 1. The van der Waals surface area contributed by atoms with Crippen LogP contribution >= 0.6 is 0 Å². The van der Waals surface area contributed by atoms with Gasteiger partial charge in [-0.2, -0.15) is 0 Å². The average molecular weight is 187 g/mol. The largest absolute Gasteiger partial charge is 0.352 e. The third-order valence-electron chi connectivity index (χ3n) is 1.73. The maximum atomic E-state index is 11.4. The molecule has 1 rings (SSSR count). The molecule has 0 spiro atoms. The summed E-state index contributed by atoms with van der Waals surface area (Å²) < 4.78 is 0. The number of carbonyl (C=O) groups excluding carboxylic acids is 2. The number of nitrogens with zero attached hydrogens (tertiary/aromatic N) is 1. The number of hydrogen-bond donors (Lipinski definition) is 2. The minimum atomic E-state index is -0.708. The maximum absolute atomic E-state index is 11.4. The van der Waals surface area contributed by atoms with Crippen molar-refractivity contribution in [2.24, 2.45) is 5.73 Å². The number of carbonyl (C=O) groups is 2. The summed E-state index contributed by atoms with van der Waals surface area (Å²) in [4.78, 5) is 26.8. The van der Waals surface area contributed by atoms with Gasteiger partial charge < -0.3 is 11.1 Å². The van der Waals surface area contributed by atoms with E-state index in [4.69, 9.17) is 10.6 Å². The van der Waals surface area contributed by atoms with Gasteiger partial charge in [0.2, 0.25) is 0 Å². The van der Waals surface area contributed by atoms with E-state index in [0.29, 0.717) is 13.2 Å². The van der Waals surface area contributed by atoms with Crippen LogP contribution in [0.1, 0.15) is 13.3 Å². The second-order valence-corrected chi connectivity index (χ2v) is 2.86. The molecule has 0 aromatic heterocycles. The molecular formula is C7H13N3O3. The molecule has 74 valence electrons. The third-order valence-corrected chi connectivity index (χ3v) is 1.73. The lowest BCUT2D eigenvalue weighted by atomic mass is 10.3. The van der Waals surface area contributed by atoms with E-state index in [9.17, 15) is 9.59 Å². The predicted molar refractivity (Wildman–Crippen MR) is 44.5 cm³/mol. The van der Waals surface area contributed by atoms with Crippen LogP contribution in [0.25, 0.3) is 0 Å². The van der Waals surface area contributed by atoms with Crippen molar-refractivity contribution in [3.05, 3.63) is 0 Å². The van der Waals surface area contributed by atoms with Gasteiger partial charge in [0.05, 0.1) is 13.2 Å². The van der Waals surface area contributed by atoms with Crippen molar-refractivity contribution in [2.45, 2.75) is 19.4 Å². The van der Waals surface area contributed by atoms with E-state index in [1.54, 1.807) is 6.92 Å². The van der Waals surface area contributed by atoms with Gasteiger partial charge in [-0.1, -0.05) is 0 Å². The molecule has 0 bridgehead atoms. The van der Waals surface area contributed by atoms with Crippen LogP contribution in [0.5, 0.6) is 0 Å². The monoisotopic (exact) mass is 187 g/mol. The van der Waals surface area contributed by atoms with Gasteiger partial charge in [0, 0.05) is 0 Å². The van der Waals surface area contributed by atoms with Gasteiger partial charge in [0.15, 0.2) is 0 Å². The van der Waals surface area contributed by atoms with Gasteiger partial charge >= 0.3 is 6.03 Å². The van der Waals surface area contributed by atoms with Crippen molar-refractivity contribution in [1.82, 2.24) is 10.4 Å². The maximum Gasteiger partial charge on any atom is 0.312 e. The van der Waals surface area contributed by atoms with Crippen LogP contribution < -0.4 is 11.1 Å². The number of nitrogens with two attached hydrogens (primary N) is 1. The first kappa shape index (κ1) is 9.79. The average Bonchev–Trinajstić information content (AvgIpc) is 2.53. The lowest BCUT2D eigenvalue weighted by molar-refractivity contribution is -0.170. The molecule has 6 nitrogen and oxygen atoms in total. The van der Waals surface area contributed by atoms with Crippen LogP contribution in [0.3, 0.4) is 0 Å². The smallest absolute Gasteiger partial charge is 0.312 e. The van der Waals surface area contributed by atoms with E-state index in [0.717, 1.165) is 6.42 Å². The van der Waals surface area contributed by atoms with Crippen molar-refractivity contribution in [1.29, 1.82) is 0 Å². The molecule has 1 atom stereocenters. The highest BCUT2D eigenvalue weighted by Gasteiger charge is 2.24. The van der Waals surface area contributed by atoms with Gasteiger partial charge in [-0.25, -0.2) is 9.86 Å². The highest BCUT2D eigenvalue weighted by Crippen LogP contribution is 2.05. The molecule has 0 aromatic carbocycles. The summed E-state index contributed by atoms with van der Waals surface area (Å²) in [5, 5.41) is 3.54. The molecule has 0 aromatic rings. The first-order valence-electron chi connectivity index (χ1n) is 4.11. The van der Waals surface area contributed by atoms with Crippen molar-refractivity contribution in [3.63, 3.8) is 0 Å². The van der Waals surface area contributed by atoms with Gasteiger partial charge in [-0.15, -0.1) is 0 Å². The molecule has 0 radical (unpaired) electrons. The number of hydroxylamine groups is 2. The summed E-state index contributed by atoms with van der Waals surface area (Å²) in [5.74, 6) is -0.267. The second-order valence-electron chi connectivity index (χ2n) is 2.86. The molecule has 1 aliphatic rings. The predicted octanol–water partition coefficient (Wildman–Crippen LogP) is -0.793. The van der Waals surface area contributed by atoms with E-state index in [-0.39, 0.29) is 5.91 Å². The Labute approximate surface area is 76.0 Å². The van der Waals surface area contributed by atoms with E-state index < -0.39 is 12.1 Å². The van der Waals surface area contributed by atoms with Crippen LogP contribution in [-0.2, 0) is 9.63 Å². The van der Waals surface area contributed by atoms with Crippen molar-refractivity contribution >= 4 is 11.9 Å². The SMILES string of the molecule is CC(NC(N)=O)C(=O)N1CCCO1. The molecule has 3 amide bonds. The molecule has 6 heteroatoms. The number of rotatable bonds is 2. The van der Waals surface area contributed by atoms with E-state index >= 15 is 0 Å². The Bertz CT molecular complexity index is 213. The Morgan fingerprint density at radius 3 is 2.77 bits per heavy atom. The fraction of sp³-hybridized carbons (Fsp3) is 0.714. The van der Waals surface area contributed by atoms with Crippen LogP contribution in [0.4, 0.5) is 4.79 Å².